The lowest BCUT2D eigenvalue weighted by molar-refractivity contribution is 0.0229. The first kappa shape index (κ1) is 14.9. The first-order valence-corrected chi connectivity index (χ1v) is 7.21. The summed E-state index contributed by atoms with van der Waals surface area (Å²) >= 11 is 0. The van der Waals surface area contributed by atoms with Crippen LogP contribution in [0.4, 0.5) is 0 Å². The molecule has 23 heavy (non-hydrogen) atoms. The number of hydrogen-bond donors (Lipinski definition) is 1. The maximum atomic E-state index is 11.9. The lowest BCUT2D eigenvalue weighted by atomic mass is 10.2. The summed E-state index contributed by atoms with van der Waals surface area (Å²) < 4.78 is 1.61. The van der Waals surface area contributed by atoms with Gasteiger partial charge in [-0.3, -0.25) is 9.63 Å². The van der Waals surface area contributed by atoms with Gasteiger partial charge in [0.2, 0.25) is 0 Å². The normalized spacial score (nSPS) is 10.4. The third-order valence-corrected chi connectivity index (χ3v) is 3.21. The molecule has 6 heteroatoms. The van der Waals surface area contributed by atoms with Crippen molar-refractivity contribution in [3.8, 4) is 0 Å². The van der Waals surface area contributed by atoms with Crippen molar-refractivity contribution in [1.29, 1.82) is 0 Å². The molecule has 1 heterocycles. The predicted molar refractivity (Wildman–Crippen MR) is 84.3 cm³/mol. The van der Waals surface area contributed by atoms with Crippen LogP contribution in [0.15, 0.2) is 66.9 Å². The highest BCUT2D eigenvalue weighted by atomic mass is 16.6. The number of benzene rings is 2. The van der Waals surface area contributed by atoms with E-state index in [1.54, 1.807) is 10.9 Å². The molecule has 0 saturated heterocycles. The van der Waals surface area contributed by atoms with Gasteiger partial charge in [0.1, 0.15) is 0 Å². The van der Waals surface area contributed by atoms with Crippen molar-refractivity contribution in [2.24, 2.45) is 0 Å². The minimum absolute atomic E-state index is 0.217. The summed E-state index contributed by atoms with van der Waals surface area (Å²) in [5, 5.41) is 7.81. The van der Waals surface area contributed by atoms with Gasteiger partial charge in [-0.05, 0) is 11.1 Å². The van der Waals surface area contributed by atoms with Crippen molar-refractivity contribution in [1.82, 2.24) is 20.5 Å². The third-order valence-electron chi connectivity index (χ3n) is 3.21. The largest absolute Gasteiger partial charge is 0.297 e. The Morgan fingerprint density at radius 2 is 1.65 bits per heavy atom. The standard InChI is InChI=1S/C17H16N4O2/c22-17(19-23-13-15-9-5-2-6-10-15)16-12-21(20-18-16)11-14-7-3-1-4-8-14/h1-10,12H,11,13H2,(H,19,22). The van der Waals surface area contributed by atoms with Crippen LogP contribution in [0.5, 0.6) is 0 Å². The number of rotatable bonds is 6. The minimum atomic E-state index is -0.416. The predicted octanol–water partition coefficient (Wildman–Crippen LogP) is 2.19. The van der Waals surface area contributed by atoms with Gasteiger partial charge in [-0.1, -0.05) is 65.9 Å². The summed E-state index contributed by atoms with van der Waals surface area (Å²) in [6.45, 7) is 0.858. The molecular weight excluding hydrogens is 292 g/mol. The zero-order valence-corrected chi connectivity index (χ0v) is 12.4. The van der Waals surface area contributed by atoms with Gasteiger partial charge in [-0.2, -0.15) is 0 Å². The van der Waals surface area contributed by atoms with E-state index in [2.05, 4.69) is 15.8 Å². The van der Waals surface area contributed by atoms with Crippen molar-refractivity contribution in [2.75, 3.05) is 0 Å². The van der Waals surface area contributed by atoms with E-state index < -0.39 is 5.91 Å². The summed E-state index contributed by atoms with van der Waals surface area (Å²) in [4.78, 5) is 17.1. The van der Waals surface area contributed by atoms with Crippen molar-refractivity contribution >= 4 is 5.91 Å². The highest BCUT2D eigenvalue weighted by Crippen LogP contribution is 2.03. The zero-order chi connectivity index (χ0) is 15.9. The van der Waals surface area contributed by atoms with Gasteiger partial charge in [-0.25, -0.2) is 10.2 Å². The maximum absolute atomic E-state index is 11.9. The smallest absolute Gasteiger partial charge is 0.269 e. The molecule has 0 unspecified atom stereocenters. The number of nitrogens with one attached hydrogen (secondary N) is 1. The van der Waals surface area contributed by atoms with Gasteiger partial charge in [-0.15, -0.1) is 5.10 Å². The van der Waals surface area contributed by atoms with Gasteiger partial charge >= 0.3 is 0 Å². The average molecular weight is 308 g/mol. The monoisotopic (exact) mass is 308 g/mol. The summed E-state index contributed by atoms with van der Waals surface area (Å²) in [6, 6.07) is 19.4. The second-order valence-corrected chi connectivity index (χ2v) is 4.99. The Morgan fingerprint density at radius 3 is 2.35 bits per heavy atom. The second-order valence-electron chi connectivity index (χ2n) is 4.99. The molecule has 0 fully saturated rings. The van der Waals surface area contributed by atoms with E-state index in [0.29, 0.717) is 13.2 Å². The van der Waals surface area contributed by atoms with Gasteiger partial charge < -0.3 is 0 Å². The van der Waals surface area contributed by atoms with Gasteiger partial charge in [0, 0.05) is 0 Å². The molecule has 6 nitrogen and oxygen atoms in total. The lowest BCUT2D eigenvalue weighted by Crippen LogP contribution is -2.23. The fourth-order valence-electron chi connectivity index (χ4n) is 2.06. The molecule has 116 valence electrons. The molecule has 1 N–H and O–H groups in total. The van der Waals surface area contributed by atoms with E-state index in [-0.39, 0.29) is 5.69 Å². The molecule has 0 atom stereocenters. The Kier molecular flexibility index (Phi) is 4.76. The quantitative estimate of drug-likeness (QED) is 0.709. The highest BCUT2D eigenvalue weighted by Gasteiger charge is 2.11. The molecule has 0 aliphatic heterocycles. The molecule has 0 bridgehead atoms. The van der Waals surface area contributed by atoms with Crippen LogP contribution < -0.4 is 5.48 Å². The number of amides is 1. The molecule has 3 rings (SSSR count). The molecule has 0 aliphatic carbocycles. The van der Waals surface area contributed by atoms with Crippen LogP contribution in [-0.2, 0) is 18.0 Å². The van der Waals surface area contributed by atoms with Crippen molar-refractivity contribution in [3.05, 3.63) is 83.7 Å². The topological polar surface area (TPSA) is 69.0 Å². The van der Waals surface area contributed by atoms with E-state index in [1.807, 2.05) is 60.7 Å². The van der Waals surface area contributed by atoms with Gasteiger partial charge in [0.05, 0.1) is 19.3 Å². The van der Waals surface area contributed by atoms with Crippen LogP contribution in [-0.4, -0.2) is 20.9 Å². The molecule has 2 aromatic carbocycles. The zero-order valence-electron chi connectivity index (χ0n) is 12.4. The molecule has 0 aliphatic rings. The molecule has 3 aromatic rings. The first-order chi connectivity index (χ1) is 11.3. The average Bonchev–Trinajstić information content (AvgIpc) is 3.05. The Hall–Kier alpha value is -2.99. The summed E-state index contributed by atoms with van der Waals surface area (Å²) in [5.74, 6) is -0.416. The van der Waals surface area contributed by atoms with Crippen LogP contribution in [0, 0.1) is 0 Å². The summed E-state index contributed by atoms with van der Waals surface area (Å²) in [7, 11) is 0. The highest BCUT2D eigenvalue weighted by molar-refractivity contribution is 5.91. The third kappa shape index (κ3) is 4.24. The molecule has 0 radical (unpaired) electrons. The van der Waals surface area contributed by atoms with Gasteiger partial charge in [0.15, 0.2) is 5.69 Å². The fourth-order valence-corrected chi connectivity index (χ4v) is 2.06. The molecule has 1 aromatic heterocycles. The van der Waals surface area contributed by atoms with Crippen LogP contribution >= 0.6 is 0 Å². The Bertz CT molecular complexity index is 757. The second kappa shape index (κ2) is 7.33. The Labute approximate surface area is 133 Å². The summed E-state index contributed by atoms with van der Waals surface area (Å²) in [6.07, 6.45) is 1.59. The SMILES string of the molecule is O=C(NOCc1ccccc1)c1cn(Cc2ccccc2)nn1. The summed E-state index contributed by atoms with van der Waals surface area (Å²) in [5.41, 5.74) is 4.65. The number of hydrogen-bond acceptors (Lipinski definition) is 4. The van der Waals surface area contributed by atoms with E-state index >= 15 is 0 Å². The first-order valence-electron chi connectivity index (χ1n) is 7.21. The number of aromatic nitrogens is 3. The van der Waals surface area contributed by atoms with Crippen LogP contribution in [0.2, 0.25) is 0 Å². The Morgan fingerprint density at radius 1 is 1.00 bits per heavy atom. The number of nitrogens with zero attached hydrogens (tertiary/aromatic N) is 3. The lowest BCUT2D eigenvalue weighted by Gasteiger charge is -2.03. The van der Waals surface area contributed by atoms with E-state index in [0.717, 1.165) is 11.1 Å². The van der Waals surface area contributed by atoms with E-state index in [1.165, 1.54) is 0 Å². The van der Waals surface area contributed by atoms with Crippen molar-refractivity contribution in [3.63, 3.8) is 0 Å². The Balaban J connectivity index is 1.52. The van der Waals surface area contributed by atoms with Crippen molar-refractivity contribution < 1.29 is 9.63 Å². The molecular formula is C17H16N4O2. The number of hydroxylamine groups is 1. The van der Waals surface area contributed by atoms with E-state index in [4.69, 9.17) is 4.84 Å². The molecule has 0 spiro atoms. The number of carbonyl (C=O) groups excluding carboxylic acids is 1. The van der Waals surface area contributed by atoms with Gasteiger partial charge in [0.25, 0.3) is 5.91 Å². The molecule has 1 amide bonds. The van der Waals surface area contributed by atoms with E-state index in [9.17, 15) is 4.79 Å². The van der Waals surface area contributed by atoms with Crippen molar-refractivity contribution in [2.45, 2.75) is 13.2 Å². The van der Waals surface area contributed by atoms with Crippen LogP contribution in [0.3, 0.4) is 0 Å². The fraction of sp³-hybridized carbons (Fsp3) is 0.118. The minimum Gasteiger partial charge on any atom is -0.269 e. The van der Waals surface area contributed by atoms with Crippen LogP contribution in [0.25, 0.3) is 0 Å². The van der Waals surface area contributed by atoms with Crippen LogP contribution in [0.1, 0.15) is 21.6 Å². The maximum Gasteiger partial charge on any atom is 0.297 e. The molecule has 0 saturated carbocycles. The number of carbonyl (C=O) groups is 1.